The van der Waals surface area contributed by atoms with Crippen LogP contribution in [0.3, 0.4) is 0 Å². The van der Waals surface area contributed by atoms with Crippen LogP contribution in [0.1, 0.15) is 60.5 Å². The van der Waals surface area contributed by atoms with E-state index < -0.39 is 5.60 Å². The monoisotopic (exact) mass is 279 g/mol. The minimum absolute atomic E-state index is 0.158. The Bertz CT molecular complexity index is 515. The standard InChI is InChI=1S/C15H21NO2S/c1-15(2,3)18-14(17)11-8-19-13-10(11)7-9-5-6-12(13)16(9)4/h8-9,12H,5-7H2,1-4H3. The Morgan fingerprint density at radius 2 is 2.16 bits per heavy atom. The van der Waals surface area contributed by atoms with Crippen LogP contribution in [0.5, 0.6) is 0 Å². The van der Waals surface area contributed by atoms with E-state index in [-0.39, 0.29) is 5.97 Å². The molecule has 2 aliphatic rings. The van der Waals surface area contributed by atoms with Gasteiger partial charge < -0.3 is 4.74 Å². The van der Waals surface area contributed by atoms with E-state index in [0.29, 0.717) is 12.1 Å². The second-order valence-electron chi connectivity index (χ2n) is 6.61. The molecule has 19 heavy (non-hydrogen) atoms. The molecule has 1 aromatic heterocycles. The molecule has 4 heteroatoms. The summed E-state index contributed by atoms with van der Waals surface area (Å²) in [6.07, 6.45) is 3.47. The number of likely N-dealkylation sites (N-methyl/N-ethyl adjacent to an activating group) is 1. The lowest BCUT2D eigenvalue weighted by Crippen LogP contribution is -2.34. The number of nitrogens with zero attached hydrogens (tertiary/aromatic N) is 1. The van der Waals surface area contributed by atoms with E-state index in [1.165, 1.54) is 23.3 Å². The van der Waals surface area contributed by atoms with Gasteiger partial charge in [0.2, 0.25) is 0 Å². The van der Waals surface area contributed by atoms with Gasteiger partial charge in [0.1, 0.15) is 5.60 Å². The zero-order valence-corrected chi connectivity index (χ0v) is 12.8. The van der Waals surface area contributed by atoms with Crippen molar-refractivity contribution in [2.45, 2.75) is 57.7 Å². The summed E-state index contributed by atoms with van der Waals surface area (Å²) < 4.78 is 5.52. The molecule has 1 saturated heterocycles. The molecular formula is C15H21NO2S. The molecule has 104 valence electrons. The summed E-state index contributed by atoms with van der Waals surface area (Å²) in [5.41, 5.74) is 1.64. The van der Waals surface area contributed by atoms with Crippen LogP contribution in [0.15, 0.2) is 5.38 Å². The summed E-state index contributed by atoms with van der Waals surface area (Å²) in [5.74, 6) is -0.158. The fraction of sp³-hybridized carbons (Fsp3) is 0.667. The van der Waals surface area contributed by atoms with E-state index in [1.54, 1.807) is 11.3 Å². The molecule has 1 fully saturated rings. The summed E-state index contributed by atoms with van der Waals surface area (Å²) >= 11 is 1.73. The smallest absolute Gasteiger partial charge is 0.339 e. The molecule has 0 aliphatic carbocycles. The van der Waals surface area contributed by atoms with Crippen LogP contribution in [0, 0.1) is 0 Å². The molecular weight excluding hydrogens is 258 g/mol. The van der Waals surface area contributed by atoms with E-state index in [2.05, 4.69) is 11.9 Å². The van der Waals surface area contributed by atoms with Crippen molar-refractivity contribution < 1.29 is 9.53 Å². The molecule has 0 saturated carbocycles. The van der Waals surface area contributed by atoms with Gasteiger partial charge >= 0.3 is 5.97 Å². The van der Waals surface area contributed by atoms with Crippen molar-refractivity contribution in [1.29, 1.82) is 0 Å². The molecule has 0 amide bonds. The maximum absolute atomic E-state index is 12.3. The summed E-state index contributed by atoms with van der Waals surface area (Å²) in [7, 11) is 2.21. The minimum atomic E-state index is -0.420. The van der Waals surface area contributed by atoms with Crippen LogP contribution in [-0.4, -0.2) is 29.6 Å². The van der Waals surface area contributed by atoms with E-state index >= 15 is 0 Å². The zero-order valence-electron chi connectivity index (χ0n) is 12.0. The van der Waals surface area contributed by atoms with Crippen LogP contribution in [0.25, 0.3) is 0 Å². The van der Waals surface area contributed by atoms with Gasteiger partial charge in [-0.25, -0.2) is 4.79 Å². The normalized spacial score (nSPS) is 26.3. The second kappa shape index (κ2) is 4.32. The average Bonchev–Trinajstić information content (AvgIpc) is 2.78. The number of hydrogen-bond acceptors (Lipinski definition) is 4. The van der Waals surface area contributed by atoms with Gasteiger partial charge in [-0.1, -0.05) is 0 Å². The fourth-order valence-corrected chi connectivity index (χ4v) is 4.46. The summed E-state index contributed by atoms with van der Waals surface area (Å²) in [5, 5.41) is 1.99. The van der Waals surface area contributed by atoms with E-state index in [4.69, 9.17) is 4.74 Å². The zero-order chi connectivity index (χ0) is 13.8. The molecule has 2 atom stereocenters. The van der Waals surface area contributed by atoms with Gasteiger partial charge in [-0.05, 0) is 52.6 Å². The molecule has 0 aromatic carbocycles. The minimum Gasteiger partial charge on any atom is -0.456 e. The first-order valence-corrected chi connectivity index (χ1v) is 7.80. The number of hydrogen-bond donors (Lipinski definition) is 0. The molecule has 3 heterocycles. The first-order chi connectivity index (χ1) is 8.87. The van der Waals surface area contributed by atoms with Gasteiger partial charge in [0.25, 0.3) is 0 Å². The molecule has 3 nitrogen and oxygen atoms in total. The van der Waals surface area contributed by atoms with Crippen molar-refractivity contribution >= 4 is 17.3 Å². The number of rotatable bonds is 1. The van der Waals surface area contributed by atoms with Crippen molar-refractivity contribution in [1.82, 2.24) is 4.90 Å². The fourth-order valence-electron chi connectivity index (χ4n) is 3.20. The van der Waals surface area contributed by atoms with Gasteiger partial charge in [-0.2, -0.15) is 0 Å². The number of carbonyl (C=O) groups is 1. The third-order valence-electron chi connectivity index (χ3n) is 4.13. The van der Waals surface area contributed by atoms with E-state index in [0.717, 1.165) is 12.0 Å². The van der Waals surface area contributed by atoms with Crippen LogP contribution in [0.4, 0.5) is 0 Å². The highest BCUT2D eigenvalue weighted by atomic mass is 32.1. The third-order valence-corrected chi connectivity index (χ3v) is 5.25. The molecule has 0 spiro atoms. The average molecular weight is 279 g/mol. The van der Waals surface area contributed by atoms with Crippen LogP contribution in [0.2, 0.25) is 0 Å². The van der Waals surface area contributed by atoms with Crippen molar-refractivity contribution in [2.24, 2.45) is 0 Å². The highest BCUT2D eigenvalue weighted by molar-refractivity contribution is 7.10. The Hall–Kier alpha value is -0.870. The van der Waals surface area contributed by atoms with Gasteiger partial charge in [0, 0.05) is 22.3 Å². The SMILES string of the molecule is CN1C2CCC1c1scc(C(=O)OC(C)(C)C)c1C2. The Morgan fingerprint density at radius 3 is 2.84 bits per heavy atom. The molecule has 3 rings (SSSR count). The maximum atomic E-state index is 12.3. The molecule has 0 N–H and O–H groups in total. The predicted octanol–water partition coefficient (Wildman–Crippen LogP) is 3.39. The molecule has 2 unspecified atom stereocenters. The number of esters is 1. The molecule has 0 radical (unpaired) electrons. The largest absolute Gasteiger partial charge is 0.456 e. The lowest BCUT2D eigenvalue weighted by atomic mass is 9.98. The lowest BCUT2D eigenvalue weighted by Gasteiger charge is -2.31. The Balaban J connectivity index is 1.91. The molecule has 2 aliphatic heterocycles. The third kappa shape index (κ3) is 2.21. The highest BCUT2D eigenvalue weighted by Crippen LogP contribution is 2.46. The number of fused-ring (bicyclic) bond motifs is 4. The summed E-state index contributed by atoms with van der Waals surface area (Å²) in [6.45, 7) is 5.75. The Labute approximate surface area is 118 Å². The second-order valence-corrected chi connectivity index (χ2v) is 7.52. The van der Waals surface area contributed by atoms with Crippen LogP contribution < -0.4 is 0 Å². The van der Waals surface area contributed by atoms with Gasteiger partial charge in [0.15, 0.2) is 0 Å². The Morgan fingerprint density at radius 1 is 1.42 bits per heavy atom. The number of ether oxygens (including phenoxy) is 1. The van der Waals surface area contributed by atoms with Crippen molar-refractivity contribution in [3.8, 4) is 0 Å². The quantitative estimate of drug-likeness (QED) is 0.738. The predicted molar refractivity (Wildman–Crippen MR) is 76.7 cm³/mol. The van der Waals surface area contributed by atoms with Crippen molar-refractivity contribution in [3.05, 3.63) is 21.4 Å². The topological polar surface area (TPSA) is 29.5 Å². The van der Waals surface area contributed by atoms with Gasteiger partial charge in [-0.3, -0.25) is 4.90 Å². The number of thiophene rings is 1. The van der Waals surface area contributed by atoms with Gasteiger partial charge in [-0.15, -0.1) is 11.3 Å². The highest BCUT2D eigenvalue weighted by Gasteiger charge is 2.40. The summed E-state index contributed by atoms with van der Waals surface area (Å²) in [6, 6.07) is 1.13. The van der Waals surface area contributed by atoms with Gasteiger partial charge in [0.05, 0.1) is 5.56 Å². The lowest BCUT2D eigenvalue weighted by molar-refractivity contribution is 0.00681. The van der Waals surface area contributed by atoms with Crippen LogP contribution >= 0.6 is 11.3 Å². The number of carbonyl (C=O) groups excluding carboxylic acids is 1. The first-order valence-electron chi connectivity index (χ1n) is 6.92. The first kappa shape index (κ1) is 13.1. The molecule has 1 aromatic rings. The molecule has 2 bridgehead atoms. The van der Waals surface area contributed by atoms with Crippen molar-refractivity contribution in [2.75, 3.05) is 7.05 Å². The Kier molecular flexibility index (Phi) is 2.98. The van der Waals surface area contributed by atoms with Crippen molar-refractivity contribution in [3.63, 3.8) is 0 Å². The van der Waals surface area contributed by atoms with Crippen LogP contribution in [-0.2, 0) is 11.2 Å². The maximum Gasteiger partial charge on any atom is 0.339 e. The van der Waals surface area contributed by atoms with E-state index in [1.807, 2.05) is 26.2 Å². The van der Waals surface area contributed by atoms with E-state index in [9.17, 15) is 4.79 Å². The summed E-state index contributed by atoms with van der Waals surface area (Å²) in [4.78, 5) is 16.1.